The third-order valence-corrected chi connectivity index (χ3v) is 2.75. The van der Waals surface area contributed by atoms with Gasteiger partial charge in [0.05, 0.1) is 5.52 Å². The molecule has 3 nitrogen and oxygen atoms in total. The van der Waals surface area contributed by atoms with Crippen molar-refractivity contribution in [3.8, 4) is 0 Å². The maximum absolute atomic E-state index is 11.1. The van der Waals surface area contributed by atoms with Gasteiger partial charge in [0.15, 0.2) is 0 Å². The second-order valence-corrected chi connectivity index (χ2v) is 3.94. The number of amides is 1. The molecule has 1 amide bonds. The van der Waals surface area contributed by atoms with Crippen molar-refractivity contribution >= 4 is 28.4 Å². The first kappa shape index (κ1) is 10.1. The lowest BCUT2D eigenvalue weighted by molar-refractivity contribution is -0.120. The van der Waals surface area contributed by atoms with Crippen LogP contribution in [0.1, 0.15) is 13.0 Å². The summed E-state index contributed by atoms with van der Waals surface area (Å²) in [6.07, 6.45) is 1.84. The van der Waals surface area contributed by atoms with E-state index in [1.807, 2.05) is 35.0 Å². The van der Waals surface area contributed by atoms with Crippen LogP contribution in [0.4, 0.5) is 0 Å². The number of hydrogen-bond acceptors (Lipinski definition) is 1. The lowest BCUT2D eigenvalue weighted by Gasteiger charge is -2.11. The number of fused-ring (bicyclic) bond motifs is 1. The number of primary amides is 1. The van der Waals surface area contributed by atoms with E-state index < -0.39 is 0 Å². The summed E-state index contributed by atoms with van der Waals surface area (Å²) in [7, 11) is 0. The van der Waals surface area contributed by atoms with Gasteiger partial charge in [-0.2, -0.15) is 0 Å². The van der Waals surface area contributed by atoms with E-state index in [0.29, 0.717) is 5.02 Å². The molecule has 0 saturated heterocycles. The van der Waals surface area contributed by atoms with Crippen molar-refractivity contribution < 1.29 is 4.79 Å². The molecule has 2 aromatic rings. The SMILES string of the molecule is C[C@@H](C(N)=O)n1ccc2ccc(Cl)cc21. The van der Waals surface area contributed by atoms with Crippen molar-refractivity contribution in [1.82, 2.24) is 4.57 Å². The minimum absolute atomic E-state index is 0.354. The summed E-state index contributed by atoms with van der Waals surface area (Å²) in [5.74, 6) is -0.354. The minimum Gasteiger partial charge on any atom is -0.368 e. The number of carbonyl (C=O) groups is 1. The van der Waals surface area contributed by atoms with Gasteiger partial charge >= 0.3 is 0 Å². The summed E-state index contributed by atoms with van der Waals surface area (Å²) in [6.45, 7) is 1.77. The van der Waals surface area contributed by atoms with Gasteiger partial charge in [-0.25, -0.2) is 0 Å². The first-order chi connectivity index (χ1) is 7.09. The molecular weight excluding hydrogens is 212 g/mol. The van der Waals surface area contributed by atoms with E-state index in [4.69, 9.17) is 17.3 Å². The molecule has 0 aliphatic rings. The maximum atomic E-state index is 11.1. The summed E-state index contributed by atoms with van der Waals surface area (Å²) >= 11 is 5.90. The van der Waals surface area contributed by atoms with Crippen LogP contribution in [0.15, 0.2) is 30.5 Å². The lowest BCUT2D eigenvalue weighted by Crippen LogP contribution is -2.23. The Morgan fingerprint density at radius 3 is 2.87 bits per heavy atom. The van der Waals surface area contributed by atoms with Gasteiger partial charge in [0.1, 0.15) is 6.04 Å². The van der Waals surface area contributed by atoms with Crippen molar-refractivity contribution in [2.45, 2.75) is 13.0 Å². The molecular formula is C11H11ClN2O. The van der Waals surface area contributed by atoms with Crippen LogP contribution in [0.25, 0.3) is 10.9 Å². The molecule has 15 heavy (non-hydrogen) atoms. The highest BCUT2D eigenvalue weighted by atomic mass is 35.5. The number of nitrogens with two attached hydrogens (primary N) is 1. The first-order valence-corrected chi connectivity index (χ1v) is 5.03. The third-order valence-electron chi connectivity index (χ3n) is 2.51. The quantitative estimate of drug-likeness (QED) is 0.833. The first-order valence-electron chi connectivity index (χ1n) is 4.65. The van der Waals surface area contributed by atoms with E-state index in [2.05, 4.69) is 0 Å². The van der Waals surface area contributed by atoms with Crippen LogP contribution < -0.4 is 5.73 Å². The Kier molecular flexibility index (Phi) is 2.40. The van der Waals surface area contributed by atoms with Gasteiger partial charge in [0.25, 0.3) is 0 Å². The molecule has 1 atom stereocenters. The molecule has 2 rings (SSSR count). The molecule has 4 heteroatoms. The molecule has 1 aromatic heterocycles. The average molecular weight is 223 g/mol. The van der Waals surface area contributed by atoms with Crippen LogP contribution in [0.3, 0.4) is 0 Å². The summed E-state index contributed by atoms with van der Waals surface area (Å²) in [5.41, 5.74) is 6.19. The standard InChI is InChI=1S/C11H11ClN2O/c1-7(11(13)15)14-5-4-8-2-3-9(12)6-10(8)14/h2-7H,1H3,(H2,13,15)/t7-/m0/s1. The number of carbonyl (C=O) groups excluding carboxylic acids is 1. The van der Waals surface area contributed by atoms with Crippen LogP contribution in [-0.2, 0) is 4.79 Å². The fraction of sp³-hybridized carbons (Fsp3) is 0.182. The smallest absolute Gasteiger partial charge is 0.240 e. The predicted octanol–water partition coefficient (Wildman–Crippen LogP) is 2.34. The van der Waals surface area contributed by atoms with Crippen molar-refractivity contribution in [3.63, 3.8) is 0 Å². The Labute approximate surface area is 92.4 Å². The largest absolute Gasteiger partial charge is 0.368 e. The normalized spacial score (nSPS) is 12.9. The van der Waals surface area contributed by atoms with E-state index in [1.54, 1.807) is 6.92 Å². The van der Waals surface area contributed by atoms with Gasteiger partial charge in [-0.15, -0.1) is 0 Å². The zero-order chi connectivity index (χ0) is 11.0. The topological polar surface area (TPSA) is 48.0 Å². The molecule has 0 bridgehead atoms. The summed E-state index contributed by atoms with van der Waals surface area (Å²) < 4.78 is 1.82. The Morgan fingerprint density at radius 1 is 1.47 bits per heavy atom. The fourth-order valence-corrected chi connectivity index (χ4v) is 1.76. The van der Waals surface area contributed by atoms with E-state index in [-0.39, 0.29) is 11.9 Å². The Hall–Kier alpha value is -1.48. The van der Waals surface area contributed by atoms with Gasteiger partial charge in [-0.1, -0.05) is 17.7 Å². The molecule has 0 aliphatic carbocycles. The number of hydrogen-bond donors (Lipinski definition) is 1. The summed E-state index contributed by atoms with van der Waals surface area (Å²) in [4.78, 5) is 11.1. The number of nitrogens with zero attached hydrogens (tertiary/aromatic N) is 1. The molecule has 0 saturated carbocycles. The van der Waals surface area contributed by atoms with Gasteiger partial charge in [0, 0.05) is 11.2 Å². The van der Waals surface area contributed by atoms with Crippen LogP contribution in [0.2, 0.25) is 5.02 Å². The van der Waals surface area contributed by atoms with Gasteiger partial charge in [-0.3, -0.25) is 4.79 Å². The lowest BCUT2D eigenvalue weighted by atomic mass is 10.2. The van der Waals surface area contributed by atoms with Crippen molar-refractivity contribution in [2.24, 2.45) is 5.73 Å². The highest BCUT2D eigenvalue weighted by molar-refractivity contribution is 6.31. The van der Waals surface area contributed by atoms with E-state index >= 15 is 0 Å². The van der Waals surface area contributed by atoms with Gasteiger partial charge in [-0.05, 0) is 30.5 Å². The van der Waals surface area contributed by atoms with Gasteiger partial charge in [0.2, 0.25) is 5.91 Å². The summed E-state index contributed by atoms with van der Waals surface area (Å²) in [5, 5.41) is 1.70. The molecule has 2 N–H and O–H groups in total. The molecule has 78 valence electrons. The van der Waals surface area contributed by atoms with Crippen molar-refractivity contribution in [1.29, 1.82) is 0 Å². The monoisotopic (exact) mass is 222 g/mol. The van der Waals surface area contributed by atoms with Crippen LogP contribution in [0.5, 0.6) is 0 Å². The molecule has 1 aromatic carbocycles. The maximum Gasteiger partial charge on any atom is 0.240 e. The van der Waals surface area contributed by atoms with Crippen LogP contribution >= 0.6 is 11.6 Å². The number of rotatable bonds is 2. The highest BCUT2D eigenvalue weighted by Gasteiger charge is 2.12. The number of aromatic nitrogens is 1. The highest BCUT2D eigenvalue weighted by Crippen LogP contribution is 2.23. The second-order valence-electron chi connectivity index (χ2n) is 3.50. The molecule has 0 fully saturated rings. The van der Waals surface area contributed by atoms with Crippen molar-refractivity contribution in [3.05, 3.63) is 35.5 Å². The third kappa shape index (κ3) is 1.70. The Balaban J connectivity index is 2.61. The zero-order valence-electron chi connectivity index (χ0n) is 8.27. The minimum atomic E-state index is -0.360. The number of benzene rings is 1. The fourth-order valence-electron chi connectivity index (χ4n) is 1.60. The summed E-state index contributed by atoms with van der Waals surface area (Å²) in [6, 6.07) is 7.15. The molecule has 0 spiro atoms. The molecule has 1 heterocycles. The number of halogens is 1. The average Bonchev–Trinajstić information content (AvgIpc) is 2.59. The predicted molar refractivity (Wildman–Crippen MR) is 60.9 cm³/mol. The molecule has 0 radical (unpaired) electrons. The van der Waals surface area contributed by atoms with Crippen molar-refractivity contribution in [2.75, 3.05) is 0 Å². The van der Waals surface area contributed by atoms with Crippen LogP contribution in [0, 0.1) is 0 Å². The van der Waals surface area contributed by atoms with Crippen LogP contribution in [-0.4, -0.2) is 10.5 Å². The van der Waals surface area contributed by atoms with E-state index in [0.717, 1.165) is 10.9 Å². The van der Waals surface area contributed by atoms with E-state index in [9.17, 15) is 4.79 Å². The van der Waals surface area contributed by atoms with E-state index in [1.165, 1.54) is 0 Å². The van der Waals surface area contributed by atoms with Gasteiger partial charge < -0.3 is 10.3 Å². The Morgan fingerprint density at radius 2 is 2.20 bits per heavy atom. The Bertz CT molecular complexity index is 518. The molecule has 0 unspecified atom stereocenters. The zero-order valence-corrected chi connectivity index (χ0v) is 9.03. The molecule has 0 aliphatic heterocycles. The second kappa shape index (κ2) is 3.59.